The molecular formula is C18H38N3O+. The van der Waals surface area contributed by atoms with Gasteiger partial charge < -0.3 is 4.74 Å². The van der Waals surface area contributed by atoms with E-state index in [-0.39, 0.29) is 11.0 Å². The Labute approximate surface area is 138 Å². The molecule has 0 rings (SSSR count). The van der Waals surface area contributed by atoms with Crippen LogP contribution in [0.5, 0.6) is 0 Å². The summed E-state index contributed by atoms with van der Waals surface area (Å²) in [5.41, 5.74) is 0.0781. The summed E-state index contributed by atoms with van der Waals surface area (Å²) in [6.07, 6.45) is 3.35. The lowest BCUT2D eigenvalue weighted by molar-refractivity contribution is -0.468. The number of unbranched alkanes of at least 4 members (excludes halogenated alkanes) is 1. The van der Waals surface area contributed by atoms with Gasteiger partial charge in [0.05, 0.1) is 40.3 Å². The highest BCUT2D eigenvalue weighted by Gasteiger charge is 2.30. The molecule has 0 aliphatic heterocycles. The lowest BCUT2D eigenvalue weighted by atomic mass is 9.82. The van der Waals surface area contributed by atoms with Crippen molar-refractivity contribution in [3.63, 3.8) is 0 Å². The number of hydrogen-bond donors (Lipinski definition) is 0. The quantitative estimate of drug-likeness (QED) is 0.440. The van der Waals surface area contributed by atoms with Crippen LogP contribution in [0.1, 0.15) is 60.8 Å². The predicted octanol–water partition coefficient (Wildman–Crippen LogP) is 3.65. The lowest BCUT2D eigenvalue weighted by Crippen LogP contribution is -2.42. The maximum Gasteiger partial charge on any atom is 0.334 e. The zero-order chi connectivity index (χ0) is 17.6. The molecule has 0 atom stereocenters. The van der Waals surface area contributed by atoms with Crippen molar-refractivity contribution >= 4 is 11.7 Å². The molecule has 0 aromatic carbocycles. The Morgan fingerprint density at radius 2 is 1.68 bits per heavy atom. The van der Waals surface area contributed by atoms with Gasteiger partial charge in [-0.2, -0.15) is 0 Å². The fourth-order valence-electron chi connectivity index (χ4n) is 3.00. The molecule has 0 amide bonds. The first-order chi connectivity index (χ1) is 9.93. The first kappa shape index (κ1) is 20.9. The van der Waals surface area contributed by atoms with Gasteiger partial charge in [0.2, 0.25) is 0 Å². The second-order valence-corrected chi connectivity index (χ2v) is 8.16. The average molecular weight is 313 g/mol. The van der Waals surface area contributed by atoms with Crippen LogP contribution in [0.2, 0.25) is 0 Å². The molecule has 0 saturated carbocycles. The van der Waals surface area contributed by atoms with Gasteiger partial charge in [-0.15, -0.1) is 0 Å². The van der Waals surface area contributed by atoms with Crippen LogP contribution in [0, 0.1) is 5.41 Å². The Kier molecular flexibility index (Phi) is 8.13. The first-order valence-electron chi connectivity index (χ1n) is 8.33. The largest absolute Gasteiger partial charge is 0.475 e. The van der Waals surface area contributed by atoms with Crippen molar-refractivity contribution < 1.29 is 9.31 Å². The highest BCUT2D eigenvalue weighted by molar-refractivity contribution is 6.35. The van der Waals surface area contributed by atoms with E-state index in [2.05, 4.69) is 58.1 Å². The van der Waals surface area contributed by atoms with Gasteiger partial charge in [0.1, 0.15) is 0 Å². The van der Waals surface area contributed by atoms with E-state index in [9.17, 15) is 0 Å². The normalized spacial score (nSPS) is 13.1. The zero-order valence-corrected chi connectivity index (χ0v) is 16.6. The molecule has 0 heterocycles. The second kappa shape index (κ2) is 8.54. The van der Waals surface area contributed by atoms with E-state index in [1.807, 2.05) is 14.1 Å². The number of likely N-dealkylation sites (N-methyl/N-ethyl adjacent to an activating group) is 1. The predicted molar refractivity (Wildman–Crippen MR) is 97.2 cm³/mol. The van der Waals surface area contributed by atoms with Crippen LogP contribution >= 0.6 is 0 Å². The standard InChI is InChI=1S/C18H38N3O/c1-11-12-13-21(9)16(20(7)8)15(22-10)19-18(5,6)14-17(2,3)4/h11-14H2,1-10H3/q+1. The van der Waals surface area contributed by atoms with E-state index in [0.29, 0.717) is 0 Å². The van der Waals surface area contributed by atoms with E-state index in [0.717, 1.165) is 31.1 Å². The summed E-state index contributed by atoms with van der Waals surface area (Å²) in [5.74, 6) is 1.76. The summed E-state index contributed by atoms with van der Waals surface area (Å²) in [5, 5.41) is 0. The van der Waals surface area contributed by atoms with Crippen molar-refractivity contribution in [2.75, 3.05) is 34.8 Å². The molecule has 0 aliphatic carbocycles. The maximum absolute atomic E-state index is 5.65. The smallest absolute Gasteiger partial charge is 0.334 e. The minimum Gasteiger partial charge on any atom is -0.475 e. The number of methoxy groups -OCH3 is 1. The van der Waals surface area contributed by atoms with Crippen molar-refractivity contribution in [2.24, 2.45) is 10.4 Å². The molecule has 130 valence electrons. The van der Waals surface area contributed by atoms with Gasteiger partial charge in [0, 0.05) is 0 Å². The molecule has 0 aliphatic rings. The van der Waals surface area contributed by atoms with Crippen molar-refractivity contribution in [1.29, 1.82) is 0 Å². The van der Waals surface area contributed by atoms with Crippen LogP contribution in [0.25, 0.3) is 0 Å². The van der Waals surface area contributed by atoms with Crippen LogP contribution in [0.15, 0.2) is 4.99 Å². The summed E-state index contributed by atoms with van der Waals surface area (Å²) < 4.78 is 7.74. The third-order valence-corrected chi connectivity index (χ3v) is 3.38. The van der Waals surface area contributed by atoms with Gasteiger partial charge in [-0.1, -0.05) is 34.1 Å². The third-order valence-electron chi connectivity index (χ3n) is 3.38. The molecule has 4 nitrogen and oxygen atoms in total. The lowest BCUT2D eigenvalue weighted by Gasteiger charge is -2.29. The van der Waals surface area contributed by atoms with E-state index >= 15 is 0 Å². The summed E-state index contributed by atoms with van der Waals surface area (Å²) in [7, 11) is 7.91. The molecule has 0 aromatic rings. The molecular weight excluding hydrogens is 274 g/mol. The minimum atomic E-state index is -0.156. The van der Waals surface area contributed by atoms with Crippen molar-refractivity contribution in [2.45, 2.75) is 66.3 Å². The SMILES string of the molecule is CCCCN(C)C(C(=NC(C)(C)CC(C)(C)C)OC)=[N+](C)C. The van der Waals surface area contributed by atoms with Gasteiger partial charge in [-0.25, -0.2) is 4.99 Å². The topological polar surface area (TPSA) is 27.8 Å². The Morgan fingerprint density at radius 1 is 1.14 bits per heavy atom. The third kappa shape index (κ3) is 7.81. The summed E-state index contributed by atoms with van der Waals surface area (Å²) in [6, 6.07) is 0. The number of rotatable bonds is 5. The van der Waals surface area contributed by atoms with E-state index in [1.165, 1.54) is 6.42 Å². The van der Waals surface area contributed by atoms with E-state index < -0.39 is 0 Å². The number of aliphatic imine (C=N–C) groups is 1. The molecule has 4 heteroatoms. The molecule has 0 spiro atoms. The molecule has 0 unspecified atom stereocenters. The number of hydrogen-bond acceptors (Lipinski definition) is 2. The molecule has 0 saturated heterocycles. The van der Waals surface area contributed by atoms with Gasteiger partial charge in [0.15, 0.2) is 0 Å². The van der Waals surface area contributed by atoms with Crippen LogP contribution in [0.3, 0.4) is 0 Å². The summed E-state index contributed by atoms with van der Waals surface area (Å²) >= 11 is 0. The van der Waals surface area contributed by atoms with Crippen LogP contribution in [0.4, 0.5) is 0 Å². The molecule has 0 aromatic heterocycles. The first-order valence-corrected chi connectivity index (χ1v) is 8.33. The number of nitrogens with zero attached hydrogens (tertiary/aromatic N) is 3. The molecule has 0 fully saturated rings. The van der Waals surface area contributed by atoms with Crippen molar-refractivity contribution in [3.8, 4) is 0 Å². The van der Waals surface area contributed by atoms with Gasteiger partial charge in [0.25, 0.3) is 0 Å². The maximum atomic E-state index is 5.65. The molecule has 0 radical (unpaired) electrons. The van der Waals surface area contributed by atoms with Crippen molar-refractivity contribution in [1.82, 2.24) is 4.90 Å². The monoisotopic (exact) mass is 312 g/mol. The van der Waals surface area contributed by atoms with Crippen LogP contribution in [-0.4, -0.2) is 61.5 Å². The fourth-order valence-corrected chi connectivity index (χ4v) is 3.00. The van der Waals surface area contributed by atoms with E-state index in [4.69, 9.17) is 9.73 Å². The van der Waals surface area contributed by atoms with Crippen LogP contribution < -0.4 is 0 Å². The Morgan fingerprint density at radius 3 is 2.05 bits per heavy atom. The molecule has 22 heavy (non-hydrogen) atoms. The zero-order valence-electron chi connectivity index (χ0n) is 16.6. The highest BCUT2D eigenvalue weighted by atomic mass is 16.5. The summed E-state index contributed by atoms with van der Waals surface area (Å²) in [6.45, 7) is 14.3. The van der Waals surface area contributed by atoms with E-state index in [1.54, 1.807) is 7.11 Å². The molecule has 0 bridgehead atoms. The minimum absolute atomic E-state index is 0.156. The highest BCUT2D eigenvalue weighted by Crippen LogP contribution is 2.29. The second-order valence-electron chi connectivity index (χ2n) is 8.16. The Balaban J connectivity index is 5.50. The van der Waals surface area contributed by atoms with Gasteiger partial charge in [-0.3, -0.25) is 9.48 Å². The molecule has 0 N–H and O–H groups in total. The van der Waals surface area contributed by atoms with Crippen LogP contribution in [-0.2, 0) is 4.74 Å². The van der Waals surface area contributed by atoms with Gasteiger partial charge >= 0.3 is 11.7 Å². The average Bonchev–Trinajstić information content (AvgIpc) is 2.31. The van der Waals surface area contributed by atoms with Gasteiger partial charge in [-0.05, 0) is 32.1 Å². The summed E-state index contributed by atoms with van der Waals surface area (Å²) in [4.78, 5) is 7.17. The fraction of sp³-hybridized carbons (Fsp3) is 0.889. The Bertz CT molecular complexity index is 399. The number of amidine groups is 1. The van der Waals surface area contributed by atoms with Crippen molar-refractivity contribution in [3.05, 3.63) is 0 Å². The number of ether oxygens (including phenoxy) is 1. The Hall–Kier alpha value is -1.06.